The van der Waals surface area contributed by atoms with E-state index in [9.17, 15) is 14.0 Å². The van der Waals surface area contributed by atoms with Gasteiger partial charge in [-0.2, -0.15) is 0 Å². The number of nitrogens with one attached hydrogen (secondary N) is 1. The minimum absolute atomic E-state index is 0.114. The van der Waals surface area contributed by atoms with E-state index in [2.05, 4.69) is 37.4 Å². The maximum absolute atomic E-state index is 13.0. The van der Waals surface area contributed by atoms with Crippen LogP contribution < -0.4 is 5.32 Å². The Morgan fingerprint density at radius 1 is 1.03 bits per heavy atom. The Balaban J connectivity index is 1.40. The van der Waals surface area contributed by atoms with Gasteiger partial charge < -0.3 is 10.2 Å². The van der Waals surface area contributed by atoms with Gasteiger partial charge in [0.05, 0.1) is 13.1 Å². The number of nitrogens with zero attached hydrogens (tertiary/aromatic N) is 3. The molecule has 0 unspecified atom stereocenters. The second kappa shape index (κ2) is 10.5. The first-order valence-electron chi connectivity index (χ1n) is 10.6. The van der Waals surface area contributed by atoms with Gasteiger partial charge in [0.25, 0.3) is 0 Å². The van der Waals surface area contributed by atoms with Gasteiger partial charge in [0.2, 0.25) is 11.8 Å². The number of hydrogen-bond acceptors (Lipinski definition) is 4. The molecule has 0 radical (unpaired) electrons. The molecule has 0 saturated carbocycles. The number of halogens is 1. The van der Waals surface area contributed by atoms with Gasteiger partial charge in [-0.15, -0.1) is 0 Å². The molecule has 0 spiro atoms. The molecule has 1 fully saturated rings. The van der Waals surface area contributed by atoms with E-state index in [0.29, 0.717) is 38.4 Å². The van der Waals surface area contributed by atoms with Gasteiger partial charge in [0, 0.05) is 38.4 Å². The lowest BCUT2D eigenvalue weighted by Gasteiger charge is -2.35. The minimum atomic E-state index is -0.335. The normalized spacial score (nSPS) is 14.7. The minimum Gasteiger partial charge on any atom is -0.339 e. The van der Waals surface area contributed by atoms with Gasteiger partial charge in [-0.1, -0.05) is 23.8 Å². The maximum atomic E-state index is 13.0. The van der Waals surface area contributed by atoms with Crippen LogP contribution in [0, 0.1) is 19.7 Å². The highest BCUT2D eigenvalue weighted by Crippen LogP contribution is 2.13. The van der Waals surface area contributed by atoms with E-state index in [1.165, 1.54) is 28.8 Å². The first-order valence-corrected chi connectivity index (χ1v) is 10.6. The van der Waals surface area contributed by atoms with Gasteiger partial charge in [0.1, 0.15) is 5.82 Å². The highest BCUT2D eigenvalue weighted by molar-refractivity contribution is 5.92. The number of amides is 2. The molecule has 166 valence electrons. The Hall–Kier alpha value is -2.77. The number of aryl methyl sites for hydroxylation is 2. The zero-order valence-electron chi connectivity index (χ0n) is 18.5. The molecule has 1 saturated heterocycles. The first kappa shape index (κ1) is 22.9. The quantitative estimate of drug-likeness (QED) is 0.740. The van der Waals surface area contributed by atoms with Crippen LogP contribution in [0.3, 0.4) is 0 Å². The topological polar surface area (TPSA) is 55.9 Å². The molecule has 1 aliphatic rings. The van der Waals surface area contributed by atoms with Crippen molar-refractivity contribution in [1.82, 2.24) is 14.7 Å². The fourth-order valence-electron chi connectivity index (χ4n) is 3.79. The number of rotatable bonds is 7. The summed E-state index contributed by atoms with van der Waals surface area (Å²) >= 11 is 0. The lowest BCUT2D eigenvalue weighted by Crippen LogP contribution is -2.52. The third-order valence-corrected chi connectivity index (χ3v) is 5.56. The summed E-state index contributed by atoms with van der Waals surface area (Å²) < 4.78 is 13.0. The summed E-state index contributed by atoms with van der Waals surface area (Å²) in [5.74, 6) is -0.360. The van der Waals surface area contributed by atoms with E-state index >= 15 is 0 Å². The van der Waals surface area contributed by atoms with Crippen LogP contribution >= 0.6 is 0 Å². The number of carbonyl (C=O) groups excluding carboxylic acids is 2. The molecule has 6 nitrogen and oxygen atoms in total. The predicted octanol–water partition coefficient (Wildman–Crippen LogP) is 2.66. The number of anilines is 1. The fraction of sp³-hybridized carbons (Fsp3) is 0.417. The molecular weight excluding hydrogens is 395 g/mol. The van der Waals surface area contributed by atoms with E-state index in [-0.39, 0.29) is 24.2 Å². The zero-order chi connectivity index (χ0) is 22.4. The molecule has 0 aliphatic carbocycles. The molecule has 1 heterocycles. The lowest BCUT2D eigenvalue weighted by molar-refractivity contribution is -0.134. The second-order valence-electron chi connectivity index (χ2n) is 8.31. The van der Waals surface area contributed by atoms with E-state index < -0.39 is 0 Å². The molecule has 1 N–H and O–H groups in total. The summed E-state index contributed by atoms with van der Waals surface area (Å²) in [6, 6.07) is 12.1. The third kappa shape index (κ3) is 6.87. The number of likely N-dealkylation sites (N-methyl/N-ethyl adjacent to an activating group) is 1. The van der Waals surface area contributed by atoms with Crippen molar-refractivity contribution in [2.75, 3.05) is 51.6 Å². The zero-order valence-corrected chi connectivity index (χ0v) is 18.5. The van der Waals surface area contributed by atoms with E-state index in [1.54, 1.807) is 12.1 Å². The van der Waals surface area contributed by atoms with Crippen molar-refractivity contribution in [3.63, 3.8) is 0 Å². The molecule has 7 heteroatoms. The van der Waals surface area contributed by atoms with Crippen LogP contribution in [0.25, 0.3) is 0 Å². The molecule has 3 rings (SSSR count). The molecule has 0 atom stereocenters. The largest absolute Gasteiger partial charge is 0.339 e. The Morgan fingerprint density at radius 2 is 1.71 bits per heavy atom. The SMILES string of the molecule is Cc1ccc(CN(C)CC(=O)N2CCN(CC(=O)Nc3ccc(F)cc3)CC2)c(C)c1. The maximum Gasteiger partial charge on any atom is 0.238 e. The molecule has 2 aromatic carbocycles. The molecule has 2 amide bonds. The van der Waals surface area contributed by atoms with Gasteiger partial charge in [-0.25, -0.2) is 4.39 Å². The predicted molar refractivity (Wildman–Crippen MR) is 120 cm³/mol. The van der Waals surface area contributed by atoms with Gasteiger partial charge in [0.15, 0.2) is 0 Å². The van der Waals surface area contributed by atoms with Gasteiger partial charge >= 0.3 is 0 Å². The molecule has 2 aromatic rings. The molecule has 0 bridgehead atoms. The summed E-state index contributed by atoms with van der Waals surface area (Å²) in [5, 5.41) is 2.77. The standard InChI is InChI=1S/C24H31FN4O2/c1-18-4-5-20(19(2)14-18)15-27(3)17-24(31)29-12-10-28(11-13-29)16-23(30)26-22-8-6-21(25)7-9-22/h4-9,14H,10-13,15-17H2,1-3H3,(H,26,30). The number of benzene rings is 2. The van der Waals surface area contributed by atoms with Crippen molar-refractivity contribution in [2.45, 2.75) is 20.4 Å². The highest BCUT2D eigenvalue weighted by atomic mass is 19.1. The van der Waals surface area contributed by atoms with E-state index in [0.717, 1.165) is 6.54 Å². The lowest BCUT2D eigenvalue weighted by atomic mass is 10.1. The number of hydrogen-bond donors (Lipinski definition) is 1. The molecule has 0 aromatic heterocycles. The average Bonchev–Trinajstić information content (AvgIpc) is 2.72. The van der Waals surface area contributed by atoms with Crippen molar-refractivity contribution in [1.29, 1.82) is 0 Å². The Labute approximate surface area is 183 Å². The molecule has 31 heavy (non-hydrogen) atoms. The van der Waals surface area contributed by atoms with E-state index in [4.69, 9.17) is 0 Å². The Bertz CT molecular complexity index is 908. The van der Waals surface area contributed by atoms with Crippen LogP contribution in [0.1, 0.15) is 16.7 Å². The smallest absolute Gasteiger partial charge is 0.238 e. The van der Waals surface area contributed by atoms with Crippen LogP contribution in [0.2, 0.25) is 0 Å². The van der Waals surface area contributed by atoms with Crippen LogP contribution in [0.5, 0.6) is 0 Å². The third-order valence-electron chi connectivity index (χ3n) is 5.56. The summed E-state index contributed by atoms with van der Waals surface area (Å²) in [4.78, 5) is 30.8. The summed E-state index contributed by atoms with van der Waals surface area (Å²) in [5.41, 5.74) is 4.29. The summed E-state index contributed by atoms with van der Waals surface area (Å²) in [7, 11) is 1.97. The van der Waals surface area contributed by atoms with Gasteiger partial charge in [-0.3, -0.25) is 19.4 Å². The average molecular weight is 427 g/mol. The summed E-state index contributed by atoms with van der Waals surface area (Å²) in [6.45, 7) is 8.08. The van der Waals surface area contributed by atoms with Gasteiger partial charge in [-0.05, 0) is 56.3 Å². The van der Waals surface area contributed by atoms with Crippen LogP contribution in [-0.2, 0) is 16.1 Å². The van der Waals surface area contributed by atoms with Crippen molar-refractivity contribution in [2.24, 2.45) is 0 Å². The molecule has 1 aliphatic heterocycles. The van der Waals surface area contributed by atoms with Crippen molar-refractivity contribution in [3.8, 4) is 0 Å². The van der Waals surface area contributed by atoms with E-state index in [1.807, 2.05) is 21.7 Å². The monoisotopic (exact) mass is 426 g/mol. The number of piperazine rings is 1. The fourth-order valence-corrected chi connectivity index (χ4v) is 3.79. The first-order chi connectivity index (χ1) is 14.8. The highest BCUT2D eigenvalue weighted by Gasteiger charge is 2.23. The second-order valence-corrected chi connectivity index (χ2v) is 8.31. The summed E-state index contributed by atoms with van der Waals surface area (Å²) in [6.07, 6.45) is 0. The number of carbonyl (C=O) groups is 2. The van der Waals surface area contributed by atoms with Crippen molar-refractivity contribution in [3.05, 3.63) is 65.0 Å². The Morgan fingerprint density at radius 3 is 2.35 bits per heavy atom. The van der Waals surface area contributed by atoms with Crippen molar-refractivity contribution < 1.29 is 14.0 Å². The van der Waals surface area contributed by atoms with Crippen molar-refractivity contribution >= 4 is 17.5 Å². The van der Waals surface area contributed by atoms with Crippen LogP contribution in [-0.4, -0.2) is 72.8 Å². The molecular formula is C24H31FN4O2. The van der Waals surface area contributed by atoms with Crippen LogP contribution in [0.4, 0.5) is 10.1 Å². The Kier molecular flexibility index (Phi) is 7.76. The van der Waals surface area contributed by atoms with Crippen LogP contribution in [0.15, 0.2) is 42.5 Å².